The smallest absolute Gasteiger partial charge is 0.387 e. The van der Waals surface area contributed by atoms with Crippen molar-refractivity contribution < 1.29 is 108 Å². The second-order valence-corrected chi connectivity index (χ2v) is 23.4. The fraction of sp³-hybridized carbons (Fsp3) is 0.611. The molecule has 16 atom stereocenters. The summed E-state index contributed by atoms with van der Waals surface area (Å²) in [6, 6.07) is 0.927. The molecule has 8 heterocycles. The Morgan fingerprint density at radius 1 is 0.740 bits per heavy atom. The lowest BCUT2D eigenvalue weighted by Crippen LogP contribution is -2.38. The van der Waals surface area contributed by atoms with Gasteiger partial charge in [-0.3, -0.25) is 46.8 Å². The number of unbranched alkanes of at least 4 members (excludes halogenated alkanes) is 1. The number of nitrogen functional groups attached to an aromatic ring is 2. The van der Waals surface area contributed by atoms with Crippen molar-refractivity contribution in [1.82, 2.24) is 43.6 Å². The molecular weight excluding hydrogens is 1120 g/mol. The van der Waals surface area contributed by atoms with Crippen LogP contribution in [0.4, 0.5) is 11.8 Å². The van der Waals surface area contributed by atoms with Crippen molar-refractivity contribution in [3.8, 4) is 0 Å². The molecule has 0 aliphatic carbocycles. The van der Waals surface area contributed by atoms with Gasteiger partial charge in [0.25, 0.3) is 16.7 Å². The lowest BCUT2D eigenvalue weighted by Gasteiger charge is -2.26. The molecule has 5 aromatic heterocycles. The van der Waals surface area contributed by atoms with E-state index in [2.05, 4.69) is 33.5 Å². The maximum absolute atomic E-state index is 13.6. The van der Waals surface area contributed by atoms with Gasteiger partial charge in [-0.15, -0.1) is 0 Å². The van der Waals surface area contributed by atoms with E-state index in [0.29, 0.717) is 6.42 Å². The standard InChI is InChI=1S/C36H52N12O25P4/c1-4-5-8-64-9-16-17(68-32(23(16)50)48-15-45(2)22-30(48)43-35(38)44-31(22)53)10-66-75(57,58)72-77(61,62)73-76(59,60)67-12-19-26(27(63-3)34(70-19)47-14-41-21-28(37)39-13-40-29(21)47)71-74(55,56)65-11-18-24(51)25(52)33(69-18)46-7-6-20(49)42-36(46)54/h6-7,13-19,23-27,32-34,50-52H,4-5,8-12H2,1-3H3,(H9-,37,38,39,40,42,43,44,49,53,54,55,56,57,58,59,60,61,62)/p+1/t16-,17-,18-,19-,23-,24-,25-,26-,27-,32-,33-,34-/m1/s1. The molecule has 37 nitrogen and oxygen atoms in total. The van der Waals surface area contributed by atoms with Crippen LogP contribution >= 0.6 is 31.3 Å². The number of phosphoric acid groups is 4. The number of imidazole rings is 2. The quantitative estimate of drug-likeness (QED) is 0.0169. The number of aliphatic hydroxyl groups excluding tert-OH is 3. The highest BCUT2D eigenvalue weighted by molar-refractivity contribution is 7.66. The Labute approximate surface area is 430 Å². The Morgan fingerprint density at radius 3 is 2.05 bits per heavy atom. The van der Waals surface area contributed by atoms with Gasteiger partial charge in [-0.25, -0.2) is 42.6 Å². The van der Waals surface area contributed by atoms with Crippen molar-refractivity contribution in [2.75, 3.05) is 51.6 Å². The summed E-state index contributed by atoms with van der Waals surface area (Å²) in [5.41, 5.74) is 9.37. The number of fused-ring (bicyclic) bond motifs is 2. The maximum atomic E-state index is 13.6. The van der Waals surface area contributed by atoms with E-state index in [0.717, 1.165) is 43.0 Å². The molecule has 3 fully saturated rings. The van der Waals surface area contributed by atoms with Gasteiger partial charge >= 0.3 is 42.5 Å². The van der Waals surface area contributed by atoms with E-state index < -0.39 is 141 Å². The second kappa shape index (κ2) is 23.2. The second-order valence-electron chi connectivity index (χ2n) is 17.3. The number of nitrogens with zero attached hydrogens (tertiary/aromatic N) is 8. The molecule has 4 unspecified atom stereocenters. The number of hydrogen-bond acceptors (Lipinski definition) is 27. The Hall–Kier alpha value is -4.62. The van der Waals surface area contributed by atoms with Crippen LogP contribution in [0.1, 0.15) is 38.4 Å². The van der Waals surface area contributed by atoms with Crippen LogP contribution in [-0.4, -0.2) is 167 Å². The van der Waals surface area contributed by atoms with Crippen LogP contribution in [-0.2, 0) is 75.7 Å². The van der Waals surface area contributed by atoms with Gasteiger partial charge in [0.05, 0.1) is 45.9 Å². The molecule has 41 heteroatoms. The van der Waals surface area contributed by atoms with E-state index in [1.165, 1.54) is 27.1 Å². The van der Waals surface area contributed by atoms with Crippen molar-refractivity contribution in [1.29, 1.82) is 0 Å². The number of phosphoric ester groups is 3. The van der Waals surface area contributed by atoms with E-state index in [9.17, 15) is 67.5 Å². The molecule has 3 saturated heterocycles. The number of hydrogen-bond donors (Lipinski definition) is 11. The molecule has 0 bridgehead atoms. The molecule has 0 amide bonds. The zero-order valence-electron chi connectivity index (χ0n) is 40.3. The third-order valence-corrected chi connectivity index (χ3v) is 17.3. The minimum absolute atomic E-state index is 0.0105. The Morgan fingerprint density at radius 2 is 1.38 bits per heavy atom. The van der Waals surface area contributed by atoms with E-state index >= 15 is 0 Å². The molecular formula is C36H53N12O25P4+. The van der Waals surface area contributed by atoms with Gasteiger partial charge in [0, 0.05) is 31.9 Å². The summed E-state index contributed by atoms with van der Waals surface area (Å²) in [6.07, 6.45) is -11.9. The number of rotatable bonds is 24. The summed E-state index contributed by atoms with van der Waals surface area (Å²) < 4.78 is 116. The van der Waals surface area contributed by atoms with Gasteiger partial charge in [0.15, 0.2) is 23.9 Å². The van der Waals surface area contributed by atoms with Crippen LogP contribution in [0, 0.1) is 5.92 Å². The molecule has 3 aliphatic rings. The summed E-state index contributed by atoms with van der Waals surface area (Å²) >= 11 is 0. The predicted molar refractivity (Wildman–Crippen MR) is 251 cm³/mol. The monoisotopic (exact) mass is 1180 g/mol. The molecule has 5 aromatic rings. The van der Waals surface area contributed by atoms with Crippen LogP contribution in [0.15, 0.2) is 45.6 Å². The molecule has 13 N–H and O–H groups in total. The molecule has 77 heavy (non-hydrogen) atoms. The maximum Gasteiger partial charge on any atom is 0.490 e. The highest BCUT2D eigenvalue weighted by Gasteiger charge is 2.54. The SMILES string of the molecule is CCCCOC[C@H]1[C@@H](O)[C@H](n2c[n+](C)c3c(=O)[nH]c(N)nc32)O[C@@H]1COP(=O)(O)OP(=O)(O)OP(=O)(O)OC[C@H]1O[C@@H](n2cnc3c(N)ncnc32)[C@H](OC)[C@@H]1OP(=O)(O)OC[C@H]1O[C@@H](n2ccc(=O)[nH]c2=O)[C@H](O)[C@@H]1O. The van der Waals surface area contributed by atoms with Gasteiger partial charge in [-0.05, 0) is 6.42 Å². The number of anilines is 2. The average Bonchev–Trinajstić information content (AvgIpc) is 4.19. The number of aryl methyl sites for hydroxylation is 1. The third-order valence-electron chi connectivity index (χ3n) is 12.1. The average molecular weight is 1180 g/mol. The first-order chi connectivity index (χ1) is 36.2. The molecule has 0 saturated carbocycles. The minimum Gasteiger partial charge on any atom is -0.387 e. The van der Waals surface area contributed by atoms with Crippen molar-refractivity contribution in [3.05, 3.63) is 62.4 Å². The fourth-order valence-corrected chi connectivity index (χ4v) is 13.0. The summed E-state index contributed by atoms with van der Waals surface area (Å²) in [6.45, 7) is -1.29. The minimum atomic E-state index is -6.19. The van der Waals surface area contributed by atoms with Crippen molar-refractivity contribution in [3.63, 3.8) is 0 Å². The lowest BCUT2D eigenvalue weighted by atomic mass is 9.99. The zero-order chi connectivity index (χ0) is 55.9. The fourth-order valence-electron chi connectivity index (χ4n) is 8.55. The first-order valence-electron chi connectivity index (χ1n) is 22.7. The molecule has 3 aliphatic heterocycles. The molecule has 0 spiro atoms. The number of nitrogens with one attached hydrogen (secondary N) is 2. The van der Waals surface area contributed by atoms with Gasteiger partial charge in [0.2, 0.25) is 18.5 Å². The third kappa shape index (κ3) is 13.0. The number of nitrogens with two attached hydrogens (primary N) is 2. The number of aromatic nitrogens is 10. The predicted octanol–water partition coefficient (Wildman–Crippen LogP) is -2.80. The summed E-state index contributed by atoms with van der Waals surface area (Å²) in [5, 5.41) is 32.8. The summed E-state index contributed by atoms with van der Waals surface area (Å²) in [5.74, 6) is -1.38. The van der Waals surface area contributed by atoms with Crippen molar-refractivity contribution in [2.24, 2.45) is 13.0 Å². The van der Waals surface area contributed by atoms with E-state index in [1.807, 2.05) is 11.9 Å². The van der Waals surface area contributed by atoms with Crippen LogP contribution in [0.2, 0.25) is 0 Å². The summed E-state index contributed by atoms with van der Waals surface area (Å²) in [4.78, 5) is 99.9. The lowest BCUT2D eigenvalue weighted by molar-refractivity contribution is -0.646. The zero-order valence-corrected chi connectivity index (χ0v) is 43.8. The number of ether oxygens (including phenoxy) is 5. The molecule has 8 rings (SSSR count). The Balaban J connectivity index is 0.943. The van der Waals surface area contributed by atoms with Crippen LogP contribution in [0.3, 0.4) is 0 Å². The van der Waals surface area contributed by atoms with E-state index in [4.69, 9.17) is 53.2 Å². The van der Waals surface area contributed by atoms with Crippen LogP contribution < -0.4 is 32.8 Å². The Bertz CT molecular complexity index is 3320. The van der Waals surface area contributed by atoms with Crippen LogP contribution in [0.5, 0.6) is 0 Å². The van der Waals surface area contributed by atoms with Gasteiger partial charge in [-0.1, -0.05) is 13.3 Å². The number of aromatic amines is 2. The largest absolute Gasteiger partial charge is 0.490 e. The molecule has 0 aromatic carbocycles. The van der Waals surface area contributed by atoms with Crippen molar-refractivity contribution in [2.45, 2.75) is 87.3 Å². The van der Waals surface area contributed by atoms with E-state index in [1.54, 1.807) is 0 Å². The first kappa shape index (κ1) is 58.5. The van der Waals surface area contributed by atoms with Gasteiger partial charge in [-0.2, -0.15) is 18.2 Å². The van der Waals surface area contributed by atoms with Gasteiger partial charge < -0.3 is 70.0 Å². The highest BCUT2D eigenvalue weighted by atomic mass is 31.3. The van der Waals surface area contributed by atoms with Crippen molar-refractivity contribution >= 4 is 65.4 Å². The number of aliphatic hydroxyl groups is 3. The molecule has 0 radical (unpaired) electrons. The number of H-pyrrole nitrogens is 2. The normalized spacial score (nSPS) is 29.9. The van der Waals surface area contributed by atoms with Crippen LogP contribution in [0.25, 0.3) is 22.3 Å². The van der Waals surface area contributed by atoms with E-state index in [-0.39, 0.29) is 47.3 Å². The first-order valence-corrected chi connectivity index (χ1v) is 28.7. The highest BCUT2D eigenvalue weighted by Crippen LogP contribution is 2.68. The Kier molecular flexibility index (Phi) is 17.7. The molecule has 426 valence electrons. The summed E-state index contributed by atoms with van der Waals surface area (Å²) in [7, 11) is -20.8. The topological polar surface area (TPSA) is 516 Å². The number of methoxy groups -OCH3 is 1. The van der Waals surface area contributed by atoms with Gasteiger partial charge in [0.1, 0.15) is 54.6 Å².